The number of nitrogens with zero attached hydrogens (tertiary/aromatic N) is 1. The van der Waals surface area contributed by atoms with Gasteiger partial charge in [0.2, 0.25) is 0 Å². The Morgan fingerprint density at radius 3 is 3.00 bits per heavy atom. The fourth-order valence-corrected chi connectivity index (χ4v) is 2.87. The number of halogens is 1. The van der Waals surface area contributed by atoms with Gasteiger partial charge in [-0.3, -0.25) is 4.98 Å². The Labute approximate surface area is 111 Å². The first kappa shape index (κ1) is 12.3. The Hall–Kier alpha value is -1.74. The monoisotopic (exact) mass is 257 g/mol. The zero-order valence-corrected chi connectivity index (χ0v) is 10.8. The van der Waals surface area contributed by atoms with Gasteiger partial charge in [-0.05, 0) is 37.0 Å². The first-order valence-electron chi connectivity index (χ1n) is 6.55. The van der Waals surface area contributed by atoms with Gasteiger partial charge in [-0.15, -0.1) is 0 Å². The smallest absolute Gasteiger partial charge is 0.131 e. The van der Waals surface area contributed by atoms with Crippen molar-refractivity contribution in [1.29, 1.82) is 0 Å². The molecule has 2 atom stereocenters. The van der Waals surface area contributed by atoms with E-state index >= 15 is 0 Å². The summed E-state index contributed by atoms with van der Waals surface area (Å²) in [4.78, 5) is 4.36. The number of hydrogen-bond donors (Lipinski definition) is 1. The Balaban J connectivity index is 1.98. The zero-order chi connectivity index (χ0) is 13.4. The first-order valence-corrected chi connectivity index (χ1v) is 6.55. The lowest BCUT2D eigenvalue weighted by Crippen LogP contribution is -2.11. The molecule has 0 saturated carbocycles. The van der Waals surface area contributed by atoms with Crippen LogP contribution in [0.1, 0.15) is 40.8 Å². The minimum absolute atomic E-state index is 0.104. The van der Waals surface area contributed by atoms with Crippen molar-refractivity contribution in [3.05, 3.63) is 64.7 Å². The average molecular weight is 257 g/mol. The number of pyridine rings is 1. The average Bonchev–Trinajstić information content (AvgIpc) is 2.85. The summed E-state index contributed by atoms with van der Waals surface area (Å²) in [6.07, 6.45) is 2.63. The van der Waals surface area contributed by atoms with Gasteiger partial charge in [0.1, 0.15) is 5.82 Å². The maximum atomic E-state index is 14.1. The molecular weight excluding hydrogens is 241 g/mol. The van der Waals surface area contributed by atoms with Crippen LogP contribution in [-0.2, 0) is 6.42 Å². The van der Waals surface area contributed by atoms with E-state index in [9.17, 15) is 9.50 Å². The highest BCUT2D eigenvalue weighted by Crippen LogP contribution is 2.41. The highest BCUT2D eigenvalue weighted by molar-refractivity contribution is 5.34. The van der Waals surface area contributed by atoms with Gasteiger partial charge in [-0.25, -0.2) is 4.39 Å². The second kappa shape index (κ2) is 4.74. The normalized spacial score (nSPS) is 19.2. The minimum Gasteiger partial charge on any atom is -0.388 e. The van der Waals surface area contributed by atoms with E-state index in [1.807, 2.05) is 12.1 Å². The first-order chi connectivity index (χ1) is 9.18. The van der Waals surface area contributed by atoms with Crippen molar-refractivity contribution in [3.63, 3.8) is 0 Å². The van der Waals surface area contributed by atoms with Crippen molar-refractivity contribution in [1.82, 2.24) is 4.98 Å². The summed E-state index contributed by atoms with van der Waals surface area (Å²) in [5.41, 5.74) is 3.02. The molecular formula is C16H16FNO. The standard InChI is InChI=1S/C16H16FNO/c1-10-4-2-6-12(14(10)17)16(19)13-8-7-11-5-3-9-18-15(11)13/h2-6,9,13,16,19H,7-8H2,1H3. The van der Waals surface area contributed by atoms with Crippen LogP contribution in [0.25, 0.3) is 0 Å². The lowest BCUT2D eigenvalue weighted by molar-refractivity contribution is 0.139. The molecule has 2 aromatic rings. The van der Waals surface area contributed by atoms with E-state index < -0.39 is 6.10 Å². The van der Waals surface area contributed by atoms with Crippen LogP contribution in [0.4, 0.5) is 4.39 Å². The van der Waals surface area contributed by atoms with Gasteiger partial charge in [0.05, 0.1) is 6.10 Å². The number of benzene rings is 1. The maximum absolute atomic E-state index is 14.1. The third-order valence-electron chi connectivity index (χ3n) is 3.92. The summed E-state index contributed by atoms with van der Waals surface area (Å²) in [7, 11) is 0. The summed E-state index contributed by atoms with van der Waals surface area (Å²) >= 11 is 0. The summed E-state index contributed by atoms with van der Waals surface area (Å²) in [6, 6.07) is 9.09. The highest BCUT2D eigenvalue weighted by Gasteiger charge is 2.32. The van der Waals surface area contributed by atoms with E-state index in [2.05, 4.69) is 4.98 Å². The quantitative estimate of drug-likeness (QED) is 0.895. The fourth-order valence-electron chi connectivity index (χ4n) is 2.87. The predicted octanol–water partition coefficient (Wildman–Crippen LogP) is 3.29. The lowest BCUT2D eigenvalue weighted by atomic mass is 9.92. The second-order valence-corrected chi connectivity index (χ2v) is 5.12. The van der Waals surface area contributed by atoms with Gasteiger partial charge in [0.25, 0.3) is 0 Å². The van der Waals surface area contributed by atoms with Crippen molar-refractivity contribution in [3.8, 4) is 0 Å². The number of aliphatic hydroxyl groups is 1. The summed E-state index contributed by atoms with van der Waals surface area (Å²) in [5.74, 6) is -0.410. The molecule has 1 N–H and O–H groups in total. The third-order valence-corrected chi connectivity index (χ3v) is 3.92. The molecule has 0 bridgehead atoms. The van der Waals surface area contributed by atoms with Crippen LogP contribution in [-0.4, -0.2) is 10.1 Å². The molecule has 0 saturated heterocycles. The molecule has 0 amide bonds. The van der Waals surface area contributed by atoms with Crippen LogP contribution in [0, 0.1) is 12.7 Å². The Morgan fingerprint density at radius 2 is 2.16 bits per heavy atom. The predicted molar refractivity (Wildman–Crippen MR) is 71.4 cm³/mol. The molecule has 0 aliphatic heterocycles. The van der Waals surface area contributed by atoms with E-state index in [-0.39, 0.29) is 11.7 Å². The van der Waals surface area contributed by atoms with Crippen LogP contribution in [0.3, 0.4) is 0 Å². The van der Waals surface area contributed by atoms with Crippen LogP contribution in [0.2, 0.25) is 0 Å². The van der Waals surface area contributed by atoms with Gasteiger partial charge in [-0.2, -0.15) is 0 Å². The van der Waals surface area contributed by atoms with Crippen molar-refractivity contribution in [2.45, 2.75) is 31.8 Å². The molecule has 1 aromatic carbocycles. The summed E-state index contributed by atoms with van der Waals surface area (Å²) in [6.45, 7) is 1.71. The van der Waals surface area contributed by atoms with E-state index in [4.69, 9.17) is 0 Å². The largest absolute Gasteiger partial charge is 0.388 e. The fraction of sp³-hybridized carbons (Fsp3) is 0.312. The molecule has 1 aliphatic carbocycles. The SMILES string of the molecule is Cc1cccc(C(O)C2CCc3cccnc32)c1F. The van der Waals surface area contributed by atoms with Gasteiger partial charge >= 0.3 is 0 Å². The van der Waals surface area contributed by atoms with Crippen molar-refractivity contribution < 1.29 is 9.50 Å². The molecule has 3 rings (SSSR count). The molecule has 19 heavy (non-hydrogen) atoms. The van der Waals surface area contributed by atoms with E-state index in [0.717, 1.165) is 18.5 Å². The van der Waals surface area contributed by atoms with Crippen LogP contribution >= 0.6 is 0 Å². The van der Waals surface area contributed by atoms with Gasteiger partial charge < -0.3 is 5.11 Å². The summed E-state index contributed by atoms with van der Waals surface area (Å²) < 4.78 is 14.1. The molecule has 98 valence electrons. The van der Waals surface area contributed by atoms with E-state index in [1.165, 1.54) is 5.56 Å². The van der Waals surface area contributed by atoms with Crippen molar-refractivity contribution >= 4 is 0 Å². The zero-order valence-electron chi connectivity index (χ0n) is 10.8. The number of aryl methyl sites for hydroxylation is 2. The lowest BCUT2D eigenvalue weighted by Gasteiger charge is -2.20. The molecule has 1 aromatic heterocycles. The van der Waals surface area contributed by atoms with Crippen LogP contribution in [0.5, 0.6) is 0 Å². The molecule has 0 radical (unpaired) electrons. The Bertz CT molecular complexity index is 611. The number of fused-ring (bicyclic) bond motifs is 1. The van der Waals surface area contributed by atoms with Crippen LogP contribution < -0.4 is 0 Å². The summed E-state index contributed by atoms with van der Waals surface area (Å²) in [5, 5.41) is 10.5. The number of aromatic nitrogens is 1. The highest BCUT2D eigenvalue weighted by atomic mass is 19.1. The van der Waals surface area contributed by atoms with Crippen LogP contribution in [0.15, 0.2) is 36.5 Å². The topological polar surface area (TPSA) is 33.1 Å². The Kier molecular flexibility index (Phi) is 3.07. The van der Waals surface area contributed by atoms with Crippen molar-refractivity contribution in [2.24, 2.45) is 0 Å². The molecule has 0 spiro atoms. The minimum atomic E-state index is -0.823. The molecule has 3 heteroatoms. The van der Waals surface area contributed by atoms with Gasteiger partial charge in [0.15, 0.2) is 0 Å². The third kappa shape index (κ3) is 2.04. The molecule has 0 fully saturated rings. The maximum Gasteiger partial charge on any atom is 0.131 e. The molecule has 1 heterocycles. The molecule has 1 aliphatic rings. The van der Waals surface area contributed by atoms with Gasteiger partial charge in [-0.1, -0.05) is 24.3 Å². The molecule has 2 unspecified atom stereocenters. The number of rotatable bonds is 2. The second-order valence-electron chi connectivity index (χ2n) is 5.12. The van der Waals surface area contributed by atoms with Gasteiger partial charge in [0, 0.05) is 23.4 Å². The van der Waals surface area contributed by atoms with E-state index in [1.54, 1.807) is 31.3 Å². The Morgan fingerprint density at radius 1 is 1.32 bits per heavy atom. The molecule has 2 nitrogen and oxygen atoms in total. The van der Waals surface area contributed by atoms with Crippen molar-refractivity contribution in [2.75, 3.05) is 0 Å². The number of hydrogen-bond acceptors (Lipinski definition) is 2. The number of aliphatic hydroxyl groups excluding tert-OH is 1. The van der Waals surface area contributed by atoms with E-state index in [0.29, 0.717) is 11.1 Å².